The van der Waals surface area contributed by atoms with Crippen LogP contribution in [0.3, 0.4) is 0 Å². The van der Waals surface area contributed by atoms with Gasteiger partial charge in [0, 0.05) is 27.4 Å². The van der Waals surface area contributed by atoms with Crippen molar-refractivity contribution in [3.05, 3.63) is 99.9 Å². The number of benzene rings is 4. The summed E-state index contributed by atoms with van der Waals surface area (Å²) in [6, 6.07) is 24.6. The van der Waals surface area contributed by atoms with Gasteiger partial charge in [-0.1, -0.05) is 70.5 Å². The van der Waals surface area contributed by atoms with Gasteiger partial charge in [-0.25, -0.2) is 0 Å². The summed E-state index contributed by atoms with van der Waals surface area (Å²) in [6.45, 7) is 0. The van der Waals surface area contributed by atoms with Crippen LogP contribution in [0.1, 0.15) is 5.56 Å². The zero-order valence-electron chi connectivity index (χ0n) is 17.0. The number of phenolic OH excluding ortho intramolecular Hbond substituents is 1. The maximum Gasteiger partial charge on any atom is 0.247 e. The smallest absolute Gasteiger partial charge is 0.247 e. The van der Waals surface area contributed by atoms with E-state index in [2.05, 4.69) is 31.7 Å². The number of halogens is 1. The Morgan fingerprint density at radius 1 is 0.938 bits per heavy atom. The Bertz CT molecular complexity index is 1260. The summed E-state index contributed by atoms with van der Waals surface area (Å²) in [5, 5.41) is 21.0. The molecule has 160 valence electrons. The second-order valence-electron chi connectivity index (χ2n) is 7.31. The van der Waals surface area contributed by atoms with Gasteiger partial charge in [0.2, 0.25) is 5.91 Å². The maximum absolute atomic E-state index is 13.2. The van der Waals surface area contributed by atoms with E-state index in [1.165, 1.54) is 6.07 Å². The molecule has 0 radical (unpaired) electrons. The Hall–Kier alpha value is -3.71. The highest BCUT2D eigenvalue weighted by molar-refractivity contribution is 9.10. The monoisotopic (exact) mass is 489 g/mol. The fraction of sp³-hybridized carbons (Fsp3) is 0.0800. The predicted octanol–water partition coefficient (Wildman–Crippen LogP) is 6.37. The third kappa shape index (κ3) is 4.78. The average Bonchev–Trinajstić information content (AvgIpc) is 2.82. The molecule has 1 amide bonds. The van der Waals surface area contributed by atoms with Gasteiger partial charge in [0.15, 0.2) is 0 Å². The lowest BCUT2D eigenvalue weighted by Crippen LogP contribution is -2.36. The van der Waals surface area contributed by atoms with Crippen LogP contribution in [0.2, 0.25) is 0 Å². The lowest BCUT2D eigenvalue weighted by atomic mass is 10.0. The van der Waals surface area contributed by atoms with E-state index < -0.39 is 6.04 Å². The number of phenols is 1. The second-order valence-corrected chi connectivity index (χ2v) is 8.23. The first-order chi connectivity index (χ1) is 15.5. The summed E-state index contributed by atoms with van der Waals surface area (Å²) < 4.78 is 0.907. The number of carbonyl (C=O) groups excluding carboxylic acids is 1. The molecule has 0 aliphatic carbocycles. The number of hydrogen-bond acceptors (Lipinski definition) is 5. The molecule has 0 fully saturated rings. The Morgan fingerprint density at radius 3 is 2.28 bits per heavy atom. The number of nitroso groups, excluding NO2 is 1. The third-order valence-corrected chi connectivity index (χ3v) is 5.66. The highest BCUT2D eigenvalue weighted by atomic mass is 79.9. The van der Waals surface area contributed by atoms with Gasteiger partial charge < -0.3 is 15.7 Å². The van der Waals surface area contributed by atoms with Crippen LogP contribution in [0.5, 0.6) is 5.75 Å². The van der Waals surface area contributed by atoms with Crippen LogP contribution in [0.4, 0.5) is 17.1 Å². The lowest BCUT2D eigenvalue weighted by Gasteiger charge is -2.21. The Labute approximate surface area is 193 Å². The molecule has 4 aromatic carbocycles. The van der Waals surface area contributed by atoms with Crippen LogP contribution in [-0.2, 0) is 11.2 Å². The number of carbonyl (C=O) groups is 1. The van der Waals surface area contributed by atoms with E-state index in [1.54, 1.807) is 36.4 Å². The summed E-state index contributed by atoms with van der Waals surface area (Å²) in [4.78, 5) is 24.6. The number of anilines is 2. The zero-order valence-corrected chi connectivity index (χ0v) is 18.5. The average molecular weight is 490 g/mol. The van der Waals surface area contributed by atoms with Crippen LogP contribution < -0.4 is 10.6 Å². The molecule has 4 aromatic rings. The van der Waals surface area contributed by atoms with Crippen molar-refractivity contribution in [1.82, 2.24) is 0 Å². The Balaban J connectivity index is 1.68. The number of aromatic hydroxyl groups is 1. The van der Waals surface area contributed by atoms with Crippen LogP contribution in [0, 0.1) is 4.91 Å². The van der Waals surface area contributed by atoms with Crippen molar-refractivity contribution in [2.75, 3.05) is 10.6 Å². The Morgan fingerprint density at radius 2 is 1.59 bits per heavy atom. The molecule has 4 rings (SSSR count). The van der Waals surface area contributed by atoms with Crippen LogP contribution in [-0.4, -0.2) is 17.1 Å². The van der Waals surface area contributed by atoms with E-state index in [0.717, 1.165) is 10.0 Å². The SMILES string of the molecule is O=Nc1cc(N[C@H](Cc2ccccc2)C(=O)Nc2ccc(Br)cc2)c(O)c2ccccc12. The number of nitrogens with one attached hydrogen (secondary N) is 2. The number of hydrogen-bond donors (Lipinski definition) is 3. The zero-order chi connectivity index (χ0) is 22.5. The Kier molecular flexibility index (Phi) is 6.47. The normalized spacial score (nSPS) is 11.7. The molecule has 0 unspecified atom stereocenters. The molecule has 0 bridgehead atoms. The van der Waals surface area contributed by atoms with Gasteiger partial charge in [-0.2, -0.15) is 0 Å². The number of fused-ring (bicyclic) bond motifs is 1. The van der Waals surface area contributed by atoms with E-state index in [-0.39, 0.29) is 23.0 Å². The molecule has 1 atom stereocenters. The summed E-state index contributed by atoms with van der Waals surface area (Å²) in [7, 11) is 0. The van der Waals surface area contributed by atoms with E-state index in [9.17, 15) is 14.8 Å². The van der Waals surface area contributed by atoms with Crippen molar-refractivity contribution in [3.63, 3.8) is 0 Å². The van der Waals surface area contributed by atoms with Crippen molar-refractivity contribution in [1.29, 1.82) is 0 Å². The van der Waals surface area contributed by atoms with Gasteiger partial charge in [-0.05, 0) is 41.1 Å². The first kappa shape index (κ1) is 21.5. The molecule has 0 aliphatic rings. The fourth-order valence-electron chi connectivity index (χ4n) is 3.54. The van der Waals surface area contributed by atoms with Crippen molar-refractivity contribution in [3.8, 4) is 5.75 Å². The van der Waals surface area contributed by atoms with E-state index in [1.807, 2.05) is 42.5 Å². The van der Waals surface area contributed by atoms with Crippen LogP contribution >= 0.6 is 15.9 Å². The molecule has 7 heteroatoms. The van der Waals surface area contributed by atoms with Gasteiger partial charge >= 0.3 is 0 Å². The summed E-state index contributed by atoms with van der Waals surface area (Å²) >= 11 is 3.38. The summed E-state index contributed by atoms with van der Waals surface area (Å²) in [5.41, 5.74) is 2.05. The van der Waals surface area contributed by atoms with Crippen molar-refractivity contribution >= 4 is 49.7 Å². The van der Waals surface area contributed by atoms with E-state index >= 15 is 0 Å². The quantitative estimate of drug-likeness (QED) is 0.208. The van der Waals surface area contributed by atoms with Gasteiger partial charge in [0.25, 0.3) is 0 Å². The van der Waals surface area contributed by atoms with Gasteiger partial charge in [-0.3, -0.25) is 4.79 Å². The molecule has 0 saturated heterocycles. The second kappa shape index (κ2) is 9.62. The van der Waals surface area contributed by atoms with Gasteiger partial charge in [-0.15, -0.1) is 4.91 Å². The molecular weight excluding hydrogens is 470 g/mol. The van der Waals surface area contributed by atoms with E-state index in [4.69, 9.17) is 0 Å². The molecule has 0 heterocycles. The van der Waals surface area contributed by atoms with Crippen LogP contribution in [0.25, 0.3) is 10.8 Å². The highest BCUT2D eigenvalue weighted by Gasteiger charge is 2.22. The molecule has 32 heavy (non-hydrogen) atoms. The first-order valence-corrected chi connectivity index (χ1v) is 10.8. The number of rotatable bonds is 7. The lowest BCUT2D eigenvalue weighted by molar-refractivity contribution is -0.116. The molecule has 0 aliphatic heterocycles. The molecular formula is C25H20BrN3O3. The minimum Gasteiger partial charge on any atom is -0.505 e. The summed E-state index contributed by atoms with van der Waals surface area (Å²) in [5.74, 6) is -0.313. The maximum atomic E-state index is 13.2. The largest absolute Gasteiger partial charge is 0.505 e. The molecule has 6 nitrogen and oxygen atoms in total. The molecule has 0 saturated carbocycles. The van der Waals surface area contributed by atoms with Crippen molar-refractivity contribution in [2.45, 2.75) is 12.5 Å². The number of amides is 1. The predicted molar refractivity (Wildman–Crippen MR) is 131 cm³/mol. The van der Waals surface area contributed by atoms with Crippen molar-refractivity contribution in [2.24, 2.45) is 5.18 Å². The topological polar surface area (TPSA) is 90.8 Å². The summed E-state index contributed by atoms with van der Waals surface area (Å²) in [6.07, 6.45) is 0.374. The molecule has 0 spiro atoms. The van der Waals surface area contributed by atoms with Gasteiger partial charge in [0.05, 0.1) is 5.69 Å². The van der Waals surface area contributed by atoms with Crippen LogP contribution in [0.15, 0.2) is 94.6 Å². The standard InChI is InChI=1S/C25H20BrN3O3/c26-17-10-12-18(13-11-17)27-25(31)23(14-16-6-2-1-3-7-16)28-22-15-21(29-32)19-8-4-5-9-20(19)24(22)30/h1-13,15,23,28,30H,14H2,(H,27,31)/t23-/m1/s1. The fourth-order valence-corrected chi connectivity index (χ4v) is 3.80. The minimum absolute atomic E-state index is 0.0393. The highest BCUT2D eigenvalue weighted by Crippen LogP contribution is 2.39. The van der Waals surface area contributed by atoms with Crippen molar-refractivity contribution < 1.29 is 9.90 Å². The van der Waals surface area contributed by atoms with Gasteiger partial charge in [0.1, 0.15) is 17.5 Å². The molecule has 3 N–H and O–H groups in total. The third-order valence-electron chi connectivity index (χ3n) is 5.13. The number of nitrogens with zero attached hydrogens (tertiary/aromatic N) is 1. The first-order valence-electron chi connectivity index (χ1n) is 10.00. The molecule has 0 aromatic heterocycles. The minimum atomic E-state index is -0.715. The van der Waals surface area contributed by atoms with E-state index in [0.29, 0.717) is 22.9 Å².